The van der Waals surface area contributed by atoms with Gasteiger partial charge in [0.05, 0.1) is 9.82 Å². The molecular formula is C13H19N3O4S. The lowest BCUT2D eigenvalue weighted by Crippen LogP contribution is -2.31. The van der Waals surface area contributed by atoms with Crippen molar-refractivity contribution in [2.45, 2.75) is 18.2 Å². The molecule has 1 saturated heterocycles. The third-order valence-corrected chi connectivity index (χ3v) is 5.75. The Morgan fingerprint density at radius 2 is 2.19 bits per heavy atom. The lowest BCUT2D eigenvalue weighted by Gasteiger charge is -2.18. The van der Waals surface area contributed by atoms with E-state index in [4.69, 9.17) is 0 Å². The van der Waals surface area contributed by atoms with Crippen LogP contribution in [-0.2, 0) is 10.0 Å². The summed E-state index contributed by atoms with van der Waals surface area (Å²) in [6.45, 7) is 3.32. The molecule has 1 heterocycles. The standard InChI is InChI=1S/C13H19N3O4S/c1-10-3-4-12(16(17)18)7-13(10)21(19,20)15-6-5-11(9-15)8-14-2/h3-4,7,11,14H,5-6,8-9H2,1-2H3. The molecule has 1 N–H and O–H groups in total. The van der Waals surface area contributed by atoms with E-state index in [9.17, 15) is 18.5 Å². The molecule has 0 radical (unpaired) electrons. The maximum Gasteiger partial charge on any atom is 0.270 e. The Labute approximate surface area is 124 Å². The molecule has 0 aliphatic carbocycles. The quantitative estimate of drug-likeness (QED) is 0.650. The van der Waals surface area contributed by atoms with E-state index in [1.165, 1.54) is 16.4 Å². The van der Waals surface area contributed by atoms with Gasteiger partial charge >= 0.3 is 0 Å². The molecule has 0 bridgehead atoms. The Kier molecular flexibility index (Phi) is 4.60. The SMILES string of the molecule is CNCC1CCN(S(=O)(=O)c2cc([N+](=O)[O-])ccc2C)C1. The molecule has 1 aliphatic rings. The van der Waals surface area contributed by atoms with Gasteiger partial charge in [-0.15, -0.1) is 0 Å². The van der Waals surface area contributed by atoms with Gasteiger partial charge in [-0.1, -0.05) is 6.07 Å². The molecule has 1 fully saturated rings. The molecule has 21 heavy (non-hydrogen) atoms. The minimum atomic E-state index is -3.68. The third kappa shape index (κ3) is 3.22. The van der Waals surface area contributed by atoms with Gasteiger partial charge in [-0.25, -0.2) is 8.42 Å². The van der Waals surface area contributed by atoms with Crippen LogP contribution < -0.4 is 5.32 Å². The van der Waals surface area contributed by atoms with Gasteiger partial charge in [0.2, 0.25) is 10.0 Å². The van der Waals surface area contributed by atoms with E-state index in [0.29, 0.717) is 18.7 Å². The normalized spacial score (nSPS) is 19.8. The molecule has 116 valence electrons. The predicted octanol–water partition coefficient (Wildman–Crippen LogP) is 1.13. The Morgan fingerprint density at radius 3 is 2.81 bits per heavy atom. The van der Waals surface area contributed by atoms with Crippen LogP contribution in [0.2, 0.25) is 0 Å². The molecule has 0 saturated carbocycles. The van der Waals surface area contributed by atoms with Gasteiger partial charge < -0.3 is 5.32 Å². The van der Waals surface area contributed by atoms with Crippen LogP contribution in [-0.4, -0.2) is 44.3 Å². The van der Waals surface area contributed by atoms with Crippen molar-refractivity contribution in [3.05, 3.63) is 33.9 Å². The fourth-order valence-corrected chi connectivity index (χ4v) is 4.37. The third-order valence-electron chi connectivity index (χ3n) is 3.74. The first-order chi connectivity index (χ1) is 9.86. The largest absolute Gasteiger partial charge is 0.319 e. The number of nitrogens with one attached hydrogen (secondary N) is 1. The zero-order valence-electron chi connectivity index (χ0n) is 12.1. The summed E-state index contributed by atoms with van der Waals surface area (Å²) in [5.41, 5.74) is 0.322. The first kappa shape index (κ1) is 15.9. The summed E-state index contributed by atoms with van der Waals surface area (Å²) in [6, 6.07) is 3.95. The minimum absolute atomic E-state index is 0.0295. The Morgan fingerprint density at radius 1 is 1.48 bits per heavy atom. The Bertz CT molecular complexity index is 645. The molecule has 1 aromatic carbocycles. The van der Waals surface area contributed by atoms with Crippen molar-refractivity contribution in [1.82, 2.24) is 9.62 Å². The first-order valence-corrected chi connectivity index (χ1v) is 8.20. The second-order valence-electron chi connectivity index (χ2n) is 5.28. The molecule has 7 nitrogen and oxygen atoms in total. The van der Waals surface area contributed by atoms with Crippen molar-refractivity contribution in [1.29, 1.82) is 0 Å². The molecule has 0 amide bonds. The van der Waals surface area contributed by atoms with E-state index in [1.54, 1.807) is 6.92 Å². The fourth-order valence-electron chi connectivity index (χ4n) is 2.59. The summed E-state index contributed by atoms with van der Waals surface area (Å²) in [4.78, 5) is 10.3. The molecule has 1 atom stereocenters. The van der Waals surface area contributed by atoms with Crippen LogP contribution in [0.5, 0.6) is 0 Å². The second-order valence-corrected chi connectivity index (χ2v) is 7.19. The van der Waals surface area contributed by atoms with Crippen LogP contribution in [0.1, 0.15) is 12.0 Å². The highest BCUT2D eigenvalue weighted by Gasteiger charge is 2.33. The number of sulfonamides is 1. The van der Waals surface area contributed by atoms with Crippen molar-refractivity contribution in [2.75, 3.05) is 26.7 Å². The summed E-state index contributed by atoms with van der Waals surface area (Å²) in [5, 5.41) is 13.9. The van der Waals surface area contributed by atoms with E-state index in [2.05, 4.69) is 5.32 Å². The van der Waals surface area contributed by atoms with Crippen molar-refractivity contribution in [3.8, 4) is 0 Å². The maximum absolute atomic E-state index is 12.7. The second kappa shape index (κ2) is 6.08. The van der Waals surface area contributed by atoms with Crippen molar-refractivity contribution < 1.29 is 13.3 Å². The summed E-state index contributed by atoms with van der Waals surface area (Å²) in [5.74, 6) is 0.281. The van der Waals surface area contributed by atoms with E-state index in [0.717, 1.165) is 19.0 Å². The van der Waals surface area contributed by atoms with E-state index in [-0.39, 0.29) is 16.5 Å². The monoisotopic (exact) mass is 313 g/mol. The van der Waals surface area contributed by atoms with Crippen LogP contribution in [0.4, 0.5) is 5.69 Å². The summed E-state index contributed by atoms with van der Waals surface area (Å²) >= 11 is 0. The Balaban J connectivity index is 2.32. The number of hydrogen-bond donors (Lipinski definition) is 1. The highest BCUT2D eigenvalue weighted by atomic mass is 32.2. The predicted molar refractivity (Wildman–Crippen MR) is 78.6 cm³/mol. The average molecular weight is 313 g/mol. The van der Waals surface area contributed by atoms with Gasteiger partial charge in [-0.3, -0.25) is 10.1 Å². The lowest BCUT2D eigenvalue weighted by molar-refractivity contribution is -0.385. The summed E-state index contributed by atoms with van der Waals surface area (Å²) in [6.07, 6.45) is 0.800. The zero-order valence-corrected chi connectivity index (χ0v) is 12.9. The molecule has 8 heteroatoms. The molecule has 0 aromatic heterocycles. The first-order valence-electron chi connectivity index (χ1n) is 6.76. The maximum atomic E-state index is 12.7. The van der Waals surface area contributed by atoms with E-state index < -0.39 is 14.9 Å². The number of nitro groups is 1. The smallest absolute Gasteiger partial charge is 0.270 e. The van der Waals surface area contributed by atoms with Gasteiger partial charge in [-0.05, 0) is 38.4 Å². The van der Waals surface area contributed by atoms with Crippen LogP contribution in [0.3, 0.4) is 0 Å². The van der Waals surface area contributed by atoms with Gasteiger partial charge in [0, 0.05) is 25.2 Å². The number of hydrogen-bond acceptors (Lipinski definition) is 5. The van der Waals surface area contributed by atoms with E-state index >= 15 is 0 Å². The van der Waals surface area contributed by atoms with Gasteiger partial charge in [-0.2, -0.15) is 4.31 Å². The molecule has 1 aromatic rings. The van der Waals surface area contributed by atoms with Crippen LogP contribution in [0, 0.1) is 23.0 Å². The number of aryl methyl sites for hydroxylation is 1. The van der Waals surface area contributed by atoms with E-state index in [1.807, 2.05) is 7.05 Å². The highest BCUT2D eigenvalue weighted by Crippen LogP contribution is 2.28. The average Bonchev–Trinajstić information content (AvgIpc) is 2.88. The van der Waals surface area contributed by atoms with Crippen LogP contribution in [0.25, 0.3) is 0 Å². The number of nitrogens with zero attached hydrogens (tertiary/aromatic N) is 2. The number of non-ortho nitro benzene ring substituents is 1. The topological polar surface area (TPSA) is 92.6 Å². The number of nitro benzene ring substituents is 1. The summed E-state index contributed by atoms with van der Waals surface area (Å²) in [7, 11) is -1.84. The lowest BCUT2D eigenvalue weighted by atomic mass is 10.1. The van der Waals surface area contributed by atoms with Crippen LogP contribution in [0.15, 0.2) is 23.1 Å². The molecule has 0 spiro atoms. The van der Waals surface area contributed by atoms with Gasteiger partial charge in [0.25, 0.3) is 5.69 Å². The molecule has 1 aliphatic heterocycles. The zero-order chi connectivity index (χ0) is 15.6. The summed E-state index contributed by atoms with van der Waals surface area (Å²) < 4.78 is 26.7. The number of rotatable bonds is 5. The fraction of sp³-hybridized carbons (Fsp3) is 0.538. The van der Waals surface area contributed by atoms with Gasteiger partial charge in [0.1, 0.15) is 0 Å². The van der Waals surface area contributed by atoms with Crippen molar-refractivity contribution in [3.63, 3.8) is 0 Å². The van der Waals surface area contributed by atoms with Gasteiger partial charge in [0.15, 0.2) is 0 Å². The van der Waals surface area contributed by atoms with Crippen LogP contribution >= 0.6 is 0 Å². The molecule has 1 unspecified atom stereocenters. The molecular weight excluding hydrogens is 294 g/mol. The highest BCUT2D eigenvalue weighted by molar-refractivity contribution is 7.89. The van der Waals surface area contributed by atoms with Crippen molar-refractivity contribution >= 4 is 15.7 Å². The Hall–Kier alpha value is -1.51. The van der Waals surface area contributed by atoms with Crippen molar-refractivity contribution in [2.24, 2.45) is 5.92 Å². The molecule has 2 rings (SSSR count). The minimum Gasteiger partial charge on any atom is -0.319 e. The number of benzene rings is 1.